The first-order chi connectivity index (χ1) is 9.96. The van der Waals surface area contributed by atoms with Crippen molar-refractivity contribution in [1.29, 1.82) is 0 Å². The SMILES string of the molecule is CCOC(=O)CC(=O)CCC(C(=O)OCC)/C([O-])=C/CF. The highest BCUT2D eigenvalue weighted by atomic mass is 19.1. The van der Waals surface area contributed by atoms with Gasteiger partial charge in [-0.1, -0.05) is 6.08 Å². The summed E-state index contributed by atoms with van der Waals surface area (Å²) in [6.45, 7) is 2.44. The Hall–Kier alpha value is -1.92. The highest BCUT2D eigenvalue weighted by Crippen LogP contribution is 2.16. The lowest BCUT2D eigenvalue weighted by Crippen LogP contribution is -2.27. The van der Waals surface area contributed by atoms with E-state index < -0.39 is 42.5 Å². The van der Waals surface area contributed by atoms with Gasteiger partial charge in [0.2, 0.25) is 0 Å². The quantitative estimate of drug-likeness (QED) is 0.335. The molecule has 6 nitrogen and oxygen atoms in total. The van der Waals surface area contributed by atoms with Gasteiger partial charge in [0, 0.05) is 6.42 Å². The standard InChI is InChI=1S/C14H21FO6/c1-3-20-13(18)9-10(16)5-6-11(12(17)7-8-15)14(19)21-4-2/h7,11,17H,3-6,8-9H2,1-2H3/p-1/b12-7-. The molecule has 0 radical (unpaired) electrons. The maximum atomic E-state index is 12.2. The first-order valence-corrected chi connectivity index (χ1v) is 6.73. The van der Waals surface area contributed by atoms with Crippen LogP contribution in [-0.4, -0.2) is 37.6 Å². The average Bonchev–Trinajstić information content (AvgIpc) is 2.39. The van der Waals surface area contributed by atoms with Crippen LogP contribution in [-0.2, 0) is 23.9 Å². The Morgan fingerprint density at radius 1 is 1.19 bits per heavy atom. The van der Waals surface area contributed by atoms with Crippen LogP contribution < -0.4 is 5.11 Å². The van der Waals surface area contributed by atoms with Crippen molar-refractivity contribution < 1.29 is 33.4 Å². The second-order valence-electron chi connectivity index (χ2n) is 4.12. The number of carbonyl (C=O) groups excluding carboxylic acids is 3. The Kier molecular flexibility index (Phi) is 9.83. The first-order valence-electron chi connectivity index (χ1n) is 6.73. The molecule has 7 heteroatoms. The van der Waals surface area contributed by atoms with Crippen molar-refractivity contribution in [3.63, 3.8) is 0 Å². The van der Waals surface area contributed by atoms with Crippen LogP contribution in [0.25, 0.3) is 0 Å². The summed E-state index contributed by atoms with van der Waals surface area (Å²) in [5, 5.41) is 11.6. The predicted octanol–water partition coefficient (Wildman–Crippen LogP) is 0.682. The van der Waals surface area contributed by atoms with Crippen molar-refractivity contribution in [2.24, 2.45) is 5.92 Å². The van der Waals surface area contributed by atoms with Gasteiger partial charge in [0.05, 0.1) is 19.1 Å². The molecule has 0 saturated carbocycles. The fourth-order valence-corrected chi connectivity index (χ4v) is 1.60. The van der Waals surface area contributed by atoms with Crippen molar-refractivity contribution >= 4 is 17.7 Å². The predicted molar refractivity (Wildman–Crippen MR) is 69.7 cm³/mol. The fraction of sp³-hybridized carbons (Fsp3) is 0.643. The summed E-state index contributed by atoms with van der Waals surface area (Å²) < 4.78 is 21.5. The number of hydrogen-bond acceptors (Lipinski definition) is 6. The van der Waals surface area contributed by atoms with Gasteiger partial charge in [-0.05, 0) is 20.3 Å². The third-order valence-electron chi connectivity index (χ3n) is 2.55. The van der Waals surface area contributed by atoms with E-state index in [9.17, 15) is 23.9 Å². The Balaban J connectivity index is 4.54. The Labute approximate surface area is 122 Å². The lowest BCUT2D eigenvalue weighted by atomic mass is 9.98. The minimum absolute atomic E-state index is 0.0784. The fourth-order valence-electron chi connectivity index (χ4n) is 1.60. The molecule has 1 atom stereocenters. The lowest BCUT2D eigenvalue weighted by molar-refractivity contribution is -0.314. The third-order valence-corrected chi connectivity index (χ3v) is 2.55. The zero-order valence-corrected chi connectivity index (χ0v) is 12.2. The number of Topliss-reactive ketones (excluding diaryl/α,β-unsaturated/α-hetero) is 1. The summed E-state index contributed by atoms with van der Waals surface area (Å²) >= 11 is 0. The molecule has 0 aromatic rings. The molecule has 1 unspecified atom stereocenters. The summed E-state index contributed by atoms with van der Waals surface area (Å²) in [6, 6.07) is 0. The number of carbonyl (C=O) groups is 3. The second kappa shape index (κ2) is 10.8. The lowest BCUT2D eigenvalue weighted by Gasteiger charge is -2.22. The van der Waals surface area contributed by atoms with E-state index in [-0.39, 0.29) is 26.1 Å². The van der Waals surface area contributed by atoms with Gasteiger partial charge >= 0.3 is 11.9 Å². The molecule has 0 spiro atoms. The minimum atomic E-state index is -1.22. The van der Waals surface area contributed by atoms with Crippen molar-refractivity contribution in [3.8, 4) is 0 Å². The highest BCUT2D eigenvalue weighted by Gasteiger charge is 2.21. The summed E-state index contributed by atoms with van der Waals surface area (Å²) in [7, 11) is 0. The van der Waals surface area contributed by atoms with Gasteiger partial charge in [0.1, 0.15) is 18.9 Å². The van der Waals surface area contributed by atoms with Crippen LogP contribution in [0.4, 0.5) is 4.39 Å². The summed E-state index contributed by atoms with van der Waals surface area (Å²) in [5.74, 6) is -3.84. The molecule has 0 saturated heterocycles. The van der Waals surface area contributed by atoms with Crippen LogP contribution in [0.15, 0.2) is 11.8 Å². The molecule has 0 bridgehead atoms. The van der Waals surface area contributed by atoms with Gasteiger partial charge in [-0.25, -0.2) is 4.39 Å². The topological polar surface area (TPSA) is 92.7 Å². The molecule has 120 valence electrons. The molecule has 0 fully saturated rings. The number of hydrogen-bond donors (Lipinski definition) is 0. The van der Waals surface area contributed by atoms with Gasteiger partial charge in [-0.3, -0.25) is 14.4 Å². The number of rotatable bonds is 10. The molecule has 0 aromatic heterocycles. The van der Waals surface area contributed by atoms with Crippen LogP contribution in [0.3, 0.4) is 0 Å². The Morgan fingerprint density at radius 3 is 2.33 bits per heavy atom. The van der Waals surface area contributed by atoms with E-state index in [1.807, 2.05) is 0 Å². The largest absolute Gasteiger partial charge is 0.875 e. The van der Waals surface area contributed by atoms with Crippen LogP contribution >= 0.6 is 0 Å². The molecule has 0 aliphatic carbocycles. The monoisotopic (exact) mass is 303 g/mol. The summed E-state index contributed by atoms with van der Waals surface area (Å²) in [5.41, 5.74) is 0. The average molecular weight is 303 g/mol. The number of halogens is 1. The van der Waals surface area contributed by atoms with Gasteiger partial charge in [0.15, 0.2) is 0 Å². The van der Waals surface area contributed by atoms with Crippen molar-refractivity contribution in [2.45, 2.75) is 33.1 Å². The van der Waals surface area contributed by atoms with Crippen molar-refractivity contribution in [3.05, 3.63) is 11.8 Å². The molecule has 0 amide bonds. The molecule has 0 aliphatic rings. The number of ketones is 1. The molecule has 0 N–H and O–H groups in total. The van der Waals surface area contributed by atoms with E-state index in [4.69, 9.17) is 4.74 Å². The molecule has 0 rings (SSSR count). The van der Waals surface area contributed by atoms with Crippen LogP contribution in [0.5, 0.6) is 0 Å². The van der Waals surface area contributed by atoms with Crippen molar-refractivity contribution in [2.75, 3.05) is 19.9 Å². The summed E-state index contributed by atoms with van der Waals surface area (Å²) in [4.78, 5) is 34.3. The minimum Gasteiger partial charge on any atom is -0.875 e. The van der Waals surface area contributed by atoms with E-state index in [0.29, 0.717) is 0 Å². The molecular formula is C14H20FO6-. The van der Waals surface area contributed by atoms with Gasteiger partial charge in [-0.2, -0.15) is 0 Å². The Bertz CT molecular complexity index is 391. The van der Waals surface area contributed by atoms with E-state index >= 15 is 0 Å². The maximum absolute atomic E-state index is 12.2. The normalized spacial score (nSPS) is 12.6. The van der Waals surface area contributed by atoms with Crippen LogP contribution in [0.2, 0.25) is 0 Å². The molecular weight excluding hydrogens is 283 g/mol. The van der Waals surface area contributed by atoms with Gasteiger partial charge in [0.25, 0.3) is 0 Å². The molecule has 0 aliphatic heterocycles. The van der Waals surface area contributed by atoms with E-state index in [1.54, 1.807) is 13.8 Å². The van der Waals surface area contributed by atoms with Crippen LogP contribution in [0.1, 0.15) is 33.1 Å². The molecule has 0 heterocycles. The first kappa shape index (κ1) is 19.1. The van der Waals surface area contributed by atoms with E-state index in [1.165, 1.54) is 0 Å². The third kappa shape index (κ3) is 8.06. The Morgan fingerprint density at radius 2 is 1.81 bits per heavy atom. The highest BCUT2D eigenvalue weighted by molar-refractivity contribution is 5.95. The number of esters is 2. The van der Waals surface area contributed by atoms with E-state index in [2.05, 4.69) is 4.74 Å². The van der Waals surface area contributed by atoms with E-state index in [0.717, 1.165) is 6.08 Å². The zero-order valence-electron chi connectivity index (χ0n) is 12.2. The molecule has 21 heavy (non-hydrogen) atoms. The smallest absolute Gasteiger partial charge is 0.313 e. The van der Waals surface area contributed by atoms with Gasteiger partial charge in [-0.15, -0.1) is 5.76 Å². The summed E-state index contributed by atoms with van der Waals surface area (Å²) in [6.07, 6.45) is 0.0440. The number of alkyl halides is 1. The van der Waals surface area contributed by atoms with Crippen molar-refractivity contribution in [1.82, 2.24) is 0 Å². The van der Waals surface area contributed by atoms with Gasteiger partial charge < -0.3 is 14.6 Å². The molecule has 0 aromatic carbocycles. The maximum Gasteiger partial charge on any atom is 0.313 e. The zero-order chi connectivity index (χ0) is 16.3. The number of ether oxygens (including phenoxy) is 2. The van der Waals surface area contributed by atoms with Crippen LogP contribution in [0, 0.1) is 5.92 Å². The number of allylic oxidation sites excluding steroid dienone is 1. The second-order valence-corrected chi connectivity index (χ2v) is 4.12.